The number of nitrogens with one attached hydrogen (secondary N) is 1. The highest BCUT2D eigenvalue weighted by atomic mass is 16.6. The highest BCUT2D eigenvalue weighted by Crippen LogP contribution is 2.17. The Bertz CT molecular complexity index is 476. The first-order valence-electron chi connectivity index (χ1n) is 5.18. The number of methoxy groups -OCH3 is 1. The summed E-state index contributed by atoms with van der Waals surface area (Å²) in [6, 6.07) is 6.65. The summed E-state index contributed by atoms with van der Waals surface area (Å²) < 4.78 is 9.62. The van der Waals surface area contributed by atoms with Gasteiger partial charge in [0.25, 0.3) is 0 Å². The third-order valence-electron chi connectivity index (χ3n) is 1.96. The topological polar surface area (TPSA) is 64.6 Å². The molecule has 0 unspecified atom stereocenters. The number of carbonyl (C=O) groups is 2. The minimum Gasteiger partial charge on any atom is -0.482 e. The normalized spacial score (nSPS) is 9.11. The molecule has 18 heavy (non-hydrogen) atoms. The van der Waals surface area contributed by atoms with Crippen molar-refractivity contribution in [2.75, 3.05) is 19.0 Å². The Balaban J connectivity index is 2.59. The van der Waals surface area contributed by atoms with Gasteiger partial charge < -0.3 is 14.8 Å². The van der Waals surface area contributed by atoms with E-state index < -0.39 is 5.97 Å². The van der Waals surface area contributed by atoms with Gasteiger partial charge in [-0.25, -0.2) is 4.79 Å². The summed E-state index contributed by atoms with van der Waals surface area (Å²) in [6.07, 6.45) is 5.03. The fourth-order valence-corrected chi connectivity index (χ4v) is 1.16. The van der Waals surface area contributed by atoms with Gasteiger partial charge in [0.15, 0.2) is 6.61 Å². The average Bonchev–Trinajstić information content (AvgIpc) is 2.36. The van der Waals surface area contributed by atoms with Crippen molar-refractivity contribution in [3.8, 4) is 18.1 Å². The van der Waals surface area contributed by atoms with E-state index in [9.17, 15) is 9.59 Å². The summed E-state index contributed by atoms with van der Waals surface area (Å²) in [5.41, 5.74) is 0.553. The average molecular weight is 247 g/mol. The third-order valence-corrected chi connectivity index (χ3v) is 1.96. The van der Waals surface area contributed by atoms with Crippen LogP contribution in [0.15, 0.2) is 24.3 Å². The Morgan fingerprint density at radius 1 is 1.44 bits per heavy atom. The number of terminal acetylenes is 1. The van der Waals surface area contributed by atoms with Crippen LogP contribution in [0.5, 0.6) is 5.75 Å². The van der Waals surface area contributed by atoms with Gasteiger partial charge in [0.05, 0.1) is 13.5 Å². The van der Waals surface area contributed by atoms with E-state index in [0.29, 0.717) is 11.4 Å². The van der Waals surface area contributed by atoms with Gasteiger partial charge in [-0.05, 0) is 12.1 Å². The molecule has 1 rings (SSSR count). The number of carbonyl (C=O) groups excluding carboxylic acids is 2. The van der Waals surface area contributed by atoms with Gasteiger partial charge in [0.2, 0.25) is 5.91 Å². The van der Waals surface area contributed by atoms with Crippen molar-refractivity contribution in [3.63, 3.8) is 0 Å². The molecule has 94 valence electrons. The van der Waals surface area contributed by atoms with Gasteiger partial charge in [0, 0.05) is 11.8 Å². The van der Waals surface area contributed by atoms with E-state index in [4.69, 9.17) is 11.2 Å². The Morgan fingerprint density at radius 3 is 2.89 bits per heavy atom. The van der Waals surface area contributed by atoms with E-state index in [1.165, 1.54) is 7.11 Å². The molecule has 0 aliphatic carbocycles. The fourth-order valence-electron chi connectivity index (χ4n) is 1.16. The summed E-state index contributed by atoms with van der Waals surface area (Å²) in [4.78, 5) is 22.2. The number of esters is 1. The van der Waals surface area contributed by atoms with Crippen LogP contribution in [0.4, 0.5) is 5.69 Å². The van der Waals surface area contributed by atoms with E-state index in [2.05, 4.69) is 16.0 Å². The molecule has 0 radical (unpaired) electrons. The third kappa shape index (κ3) is 4.58. The van der Waals surface area contributed by atoms with Gasteiger partial charge in [-0.3, -0.25) is 4.79 Å². The second-order valence-corrected chi connectivity index (χ2v) is 3.32. The van der Waals surface area contributed by atoms with Crippen LogP contribution in [0.1, 0.15) is 6.42 Å². The van der Waals surface area contributed by atoms with E-state index in [1.807, 2.05) is 0 Å². The molecule has 0 heterocycles. The van der Waals surface area contributed by atoms with Crippen molar-refractivity contribution < 1.29 is 19.1 Å². The van der Waals surface area contributed by atoms with Crippen LogP contribution in [0.2, 0.25) is 0 Å². The quantitative estimate of drug-likeness (QED) is 0.627. The van der Waals surface area contributed by atoms with Crippen molar-refractivity contribution in [3.05, 3.63) is 24.3 Å². The zero-order chi connectivity index (χ0) is 13.4. The minimum atomic E-state index is -0.475. The van der Waals surface area contributed by atoms with Crippen LogP contribution in [0.3, 0.4) is 0 Å². The molecule has 5 nitrogen and oxygen atoms in total. The molecular weight excluding hydrogens is 234 g/mol. The zero-order valence-corrected chi connectivity index (χ0v) is 9.93. The first kappa shape index (κ1) is 13.6. The summed E-state index contributed by atoms with van der Waals surface area (Å²) in [7, 11) is 1.28. The molecule has 0 aliphatic heterocycles. The number of hydrogen-bond acceptors (Lipinski definition) is 4. The van der Waals surface area contributed by atoms with Crippen molar-refractivity contribution in [2.24, 2.45) is 0 Å². The number of ether oxygens (including phenoxy) is 2. The second kappa shape index (κ2) is 6.97. The molecule has 0 aromatic heterocycles. The number of amides is 1. The molecule has 1 aromatic carbocycles. The van der Waals surface area contributed by atoms with Crippen LogP contribution in [0.25, 0.3) is 0 Å². The van der Waals surface area contributed by atoms with E-state index in [1.54, 1.807) is 24.3 Å². The van der Waals surface area contributed by atoms with E-state index in [0.717, 1.165) is 0 Å². The molecule has 0 aliphatic rings. The molecule has 5 heteroatoms. The van der Waals surface area contributed by atoms with Crippen LogP contribution in [-0.2, 0) is 14.3 Å². The first-order chi connectivity index (χ1) is 8.65. The number of anilines is 1. The van der Waals surface area contributed by atoms with Crippen LogP contribution in [0, 0.1) is 12.3 Å². The maximum atomic E-state index is 11.3. The highest BCUT2D eigenvalue weighted by molar-refractivity contribution is 5.92. The first-order valence-corrected chi connectivity index (χ1v) is 5.18. The Kier molecular flexibility index (Phi) is 5.26. The minimum absolute atomic E-state index is 0.00719. The molecule has 0 atom stereocenters. The van der Waals surface area contributed by atoms with Gasteiger partial charge >= 0.3 is 5.97 Å². The maximum absolute atomic E-state index is 11.3. The lowest BCUT2D eigenvalue weighted by atomic mass is 10.3. The molecule has 0 fully saturated rings. The van der Waals surface area contributed by atoms with Gasteiger partial charge in [0.1, 0.15) is 5.75 Å². The molecular formula is C13H13NO4. The largest absolute Gasteiger partial charge is 0.482 e. The lowest BCUT2D eigenvalue weighted by Crippen LogP contribution is -2.13. The molecule has 0 spiro atoms. The SMILES string of the molecule is C#CCC(=O)Nc1cccc(OCC(=O)OC)c1. The van der Waals surface area contributed by atoms with Crippen molar-refractivity contribution >= 4 is 17.6 Å². The van der Waals surface area contributed by atoms with Crippen LogP contribution < -0.4 is 10.1 Å². The van der Waals surface area contributed by atoms with Crippen LogP contribution in [-0.4, -0.2) is 25.6 Å². The molecule has 1 aromatic rings. The van der Waals surface area contributed by atoms with Gasteiger partial charge in [-0.2, -0.15) is 0 Å². The smallest absolute Gasteiger partial charge is 0.343 e. The molecule has 0 saturated heterocycles. The number of benzene rings is 1. The van der Waals surface area contributed by atoms with Crippen molar-refractivity contribution in [1.82, 2.24) is 0 Å². The summed E-state index contributed by atoms with van der Waals surface area (Å²) in [5, 5.41) is 2.61. The number of rotatable bonds is 5. The zero-order valence-electron chi connectivity index (χ0n) is 9.93. The van der Waals surface area contributed by atoms with Crippen molar-refractivity contribution in [2.45, 2.75) is 6.42 Å². The van der Waals surface area contributed by atoms with Crippen LogP contribution >= 0.6 is 0 Å². The highest BCUT2D eigenvalue weighted by Gasteiger charge is 2.04. The Morgan fingerprint density at radius 2 is 2.22 bits per heavy atom. The molecule has 1 amide bonds. The fraction of sp³-hybridized carbons (Fsp3) is 0.231. The Labute approximate surface area is 105 Å². The molecule has 0 saturated carbocycles. The van der Waals surface area contributed by atoms with Gasteiger partial charge in [-0.15, -0.1) is 6.42 Å². The predicted molar refractivity (Wildman–Crippen MR) is 66.0 cm³/mol. The van der Waals surface area contributed by atoms with Crippen molar-refractivity contribution in [1.29, 1.82) is 0 Å². The van der Waals surface area contributed by atoms with E-state index >= 15 is 0 Å². The standard InChI is InChI=1S/C13H13NO4/c1-3-5-12(15)14-10-6-4-7-11(8-10)18-9-13(16)17-2/h1,4,6-8H,5,9H2,2H3,(H,14,15). The summed E-state index contributed by atoms with van der Waals surface area (Å²) in [5.74, 6) is 1.95. The molecule has 0 bridgehead atoms. The predicted octanol–water partition coefficient (Wildman–Crippen LogP) is 1.20. The molecule has 1 N–H and O–H groups in total. The summed E-state index contributed by atoms with van der Waals surface area (Å²) >= 11 is 0. The second-order valence-electron chi connectivity index (χ2n) is 3.32. The lowest BCUT2D eigenvalue weighted by molar-refractivity contribution is -0.142. The monoisotopic (exact) mass is 247 g/mol. The Hall–Kier alpha value is -2.48. The van der Waals surface area contributed by atoms with E-state index in [-0.39, 0.29) is 18.9 Å². The summed E-state index contributed by atoms with van der Waals surface area (Å²) in [6.45, 7) is -0.182. The lowest BCUT2D eigenvalue weighted by Gasteiger charge is -2.07. The maximum Gasteiger partial charge on any atom is 0.343 e. The number of hydrogen-bond donors (Lipinski definition) is 1. The van der Waals surface area contributed by atoms with Gasteiger partial charge in [-0.1, -0.05) is 12.0 Å².